The van der Waals surface area contributed by atoms with Crippen molar-refractivity contribution in [1.82, 2.24) is 10.3 Å². The maximum absolute atomic E-state index is 13.7. The Kier molecular flexibility index (Phi) is 5.49. The molecule has 20 heavy (non-hydrogen) atoms. The number of nitrogens with one attached hydrogen (secondary N) is 1. The van der Waals surface area contributed by atoms with Crippen LogP contribution in [0.15, 0.2) is 46.5 Å². The van der Waals surface area contributed by atoms with Gasteiger partial charge in [0.25, 0.3) is 0 Å². The Hall–Kier alpha value is -1.46. The molecule has 2 aromatic rings. The molecule has 2 rings (SSSR count). The van der Waals surface area contributed by atoms with Crippen molar-refractivity contribution in [2.24, 2.45) is 0 Å². The maximum Gasteiger partial charge on any atom is 0.137 e. The van der Waals surface area contributed by atoms with E-state index in [1.54, 1.807) is 6.20 Å². The summed E-state index contributed by atoms with van der Waals surface area (Å²) in [7, 11) is 0. The van der Waals surface area contributed by atoms with Crippen molar-refractivity contribution in [3.63, 3.8) is 0 Å². The molecule has 0 aliphatic rings. The van der Waals surface area contributed by atoms with Crippen molar-refractivity contribution in [1.29, 1.82) is 0 Å². The van der Waals surface area contributed by atoms with Crippen molar-refractivity contribution in [3.05, 3.63) is 53.7 Å². The third-order valence-electron chi connectivity index (χ3n) is 2.69. The van der Waals surface area contributed by atoms with Crippen molar-refractivity contribution in [2.45, 2.75) is 29.8 Å². The van der Waals surface area contributed by atoms with Crippen molar-refractivity contribution < 1.29 is 8.78 Å². The highest BCUT2D eigenvalue weighted by Crippen LogP contribution is 2.31. The molecule has 5 heteroatoms. The lowest BCUT2D eigenvalue weighted by Gasteiger charge is -2.09. The second-order valence-electron chi connectivity index (χ2n) is 4.32. The van der Waals surface area contributed by atoms with Gasteiger partial charge in [-0.25, -0.2) is 13.8 Å². The summed E-state index contributed by atoms with van der Waals surface area (Å²) in [6.07, 6.45) is 2.70. The second-order valence-corrected chi connectivity index (χ2v) is 5.35. The van der Waals surface area contributed by atoms with Crippen molar-refractivity contribution in [3.8, 4) is 0 Å². The van der Waals surface area contributed by atoms with E-state index in [2.05, 4.69) is 17.2 Å². The zero-order chi connectivity index (χ0) is 14.4. The lowest BCUT2D eigenvalue weighted by atomic mass is 10.3. The largest absolute Gasteiger partial charge is 0.313 e. The topological polar surface area (TPSA) is 24.9 Å². The molecule has 0 bridgehead atoms. The van der Waals surface area contributed by atoms with Gasteiger partial charge in [-0.05, 0) is 42.8 Å². The summed E-state index contributed by atoms with van der Waals surface area (Å²) in [6.45, 7) is 3.67. The van der Waals surface area contributed by atoms with E-state index in [0.717, 1.165) is 42.4 Å². The van der Waals surface area contributed by atoms with Gasteiger partial charge in [-0.15, -0.1) is 0 Å². The molecule has 0 atom stereocenters. The Labute approximate surface area is 121 Å². The Balaban J connectivity index is 2.18. The number of nitrogens with zero attached hydrogens (tertiary/aromatic N) is 1. The molecule has 0 radical (unpaired) electrons. The van der Waals surface area contributed by atoms with Gasteiger partial charge in [0, 0.05) is 12.7 Å². The second kappa shape index (κ2) is 7.36. The Bertz CT molecular complexity index is 576. The highest BCUT2D eigenvalue weighted by Gasteiger charge is 2.10. The quantitative estimate of drug-likeness (QED) is 0.815. The molecule has 0 unspecified atom stereocenters. The van der Waals surface area contributed by atoms with Gasteiger partial charge in [0.2, 0.25) is 0 Å². The van der Waals surface area contributed by atoms with E-state index >= 15 is 0 Å². The van der Waals surface area contributed by atoms with E-state index in [-0.39, 0.29) is 4.90 Å². The summed E-state index contributed by atoms with van der Waals surface area (Å²) in [4.78, 5) is 4.51. The van der Waals surface area contributed by atoms with Gasteiger partial charge in [-0.3, -0.25) is 0 Å². The Morgan fingerprint density at radius 1 is 1.25 bits per heavy atom. The molecular formula is C15H16F2N2S. The number of hydrogen-bond acceptors (Lipinski definition) is 3. The molecule has 106 valence electrons. The Morgan fingerprint density at radius 3 is 2.90 bits per heavy atom. The van der Waals surface area contributed by atoms with Crippen LogP contribution in [0.1, 0.15) is 18.9 Å². The van der Waals surface area contributed by atoms with Gasteiger partial charge in [-0.2, -0.15) is 0 Å². The zero-order valence-electron chi connectivity index (χ0n) is 11.2. The number of rotatable bonds is 6. The molecule has 0 aliphatic heterocycles. The predicted octanol–water partition coefficient (Wildman–Crippen LogP) is 4.01. The fourth-order valence-electron chi connectivity index (χ4n) is 1.71. The van der Waals surface area contributed by atoms with Crippen molar-refractivity contribution in [2.75, 3.05) is 6.54 Å². The van der Waals surface area contributed by atoms with Crippen LogP contribution in [-0.2, 0) is 6.54 Å². The fourth-order valence-corrected chi connectivity index (χ4v) is 2.64. The molecule has 2 nitrogen and oxygen atoms in total. The number of hydrogen-bond donors (Lipinski definition) is 1. The van der Waals surface area contributed by atoms with Crippen LogP contribution in [0.3, 0.4) is 0 Å². The Morgan fingerprint density at radius 2 is 2.10 bits per heavy atom. The van der Waals surface area contributed by atoms with Gasteiger partial charge in [0.1, 0.15) is 16.7 Å². The summed E-state index contributed by atoms with van der Waals surface area (Å²) in [5, 5.41) is 3.98. The van der Waals surface area contributed by atoms with Crippen LogP contribution in [0, 0.1) is 11.6 Å². The summed E-state index contributed by atoms with van der Waals surface area (Å²) >= 11 is 1.15. The number of pyridine rings is 1. The molecular weight excluding hydrogens is 278 g/mol. The van der Waals surface area contributed by atoms with Crippen LogP contribution in [0.25, 0.3) is 0 Å². The molecule has 1 aromatic carbocycles. The molecule has 0 saturated carbocycles. The zero-order valence-corrected chi connectivity index (χ0v) is 12.0. The summed E-state index contributed by atoms with van der Waals surface area (Å²) in [5.41, 5.74) is 0.981. The molecule has 1 N–H and O–H groups in total. The fraction of sp³-hybridized carbons (Fsp3) is 0.267. The third kappa shape index (κ3) is 4.02. The molecule has 0 amide bonds. The van der Waals surface area contributed by atoms with Gasteiger partial charge in [0.05, 0.1) is 4.90 Å². The smallest absolute Gasteiger partial charge is 0.137 e. The van der Waals surface area contributed by atoms with E-state index in [0.29, 0.717) is 11.6 Å². The average Bonchev–Trinajstić information content (AvgIpc) is 2.45. The lowest BCUT2D eigenvalue weighted by Crippen LogP contribution is -2.14. The summed E-state index contributed by atoms with van der Waals surface area (Å²) in [5.74, 6) is -0.884. The monoisotopic (exact) mass is 294 g/mol. The van der Waals surface area contributed by atoms with E-state index in [9.17, 15) is 8.78 Å². The van der Waals surface area contributed by atoms with E-state index in [1.807, 2.05) is 12.1 Å². The predicted molar refractivity (Wildman–Crippen MR) is 76.7 cm³/mol. The van der Waals surface area contributed by atoms with Gasteiger partial charge in [-0.1, -0.05) is 24.8 Å². The van der Waals surface area contributed by atoms with Gasteiger partial charge in [0.15, 0.2) is 0 Å². The minimum atomic E-state index is -0.449. The van der Waals surface area contributed by atoms with Gasteiger partial charge < -0.3 is 5.32 Å². The summed E-state index contributed by atoms with van der Waals surface area (Å²) in [6, 6.07) is 7.22. The van der Waals surface area contributed by atoms with Crippen molar-refractivity contribution >= 4 is 11.8 Å². The van der Waals surface area contributed by atoms with E-state index in [1.165, 1.54) is 6.07 Å². The van der Waals surface area contributed by atoms with Crippen LogP contribution in [0.4, 0.5) is 8.78 Å². The van der Waals surface area contributed by atoms with Gasteiger partial charge >= 0.3 is 0 Å². The first-order valence-electron chi connectivity index (χ1n) is 6.48. The first-order valence-corrected chi connectivity index (χ1v) is 7.30. The molecule has 1 heterocycles. The standard InChI is InChI=1S/C15H16F2N2S/c1-2-7-18-10-11-4-3-8-19-15(11)20-14-9-12(16)5-6-13(14)17/h3-6,8-9,18H,2,7,10H2,1H3. The first-order chi connectivity index (χ1) is 9.70. The van der Waals surface area contributed by atoms with Crippen LogP contribution >= 0.6 is 11.8 Å². The van der Waals surface area contributed by atoms with E-state index < -0.39 is 11.6 Å². The summed E-state index contributed by atoms with van der Waals surface area (Å²) < 4.78 is 26.8. The molecule has 0 aliphatic carbocycles. The SMILES string of the molecule is CCCNCc1cccnc1Sc1cc(F)ccc1F. The highest BCUT2D eigenvalue weighted by atomic mass is 32.2. The number of aromatic nitrogens is 1. The van der Waals surface area contributed by atoms with E-state index in [4.69, 9.17) is 0 Å². The van der Waals surface area contributed by atoms with Crippen LogP contribution < -0.4 is 5.32 Å². The number of benzene rings is 1. The van der Waals surface area contributed by atoms with Crippen LogP contribution in [0.2, 0.25) is 0 Å². The third-order valence-corrected chi connectivity index (χ3v) is 3.79. The van der Waals surface area contributed by atoms with Crippen LogP contribution in [0.5, 0.6) is 0 Å². The number of halogens is 2. The molecule has 1 aromatic heterocycles. The molecule has 0 saturated heterocycles. The highest BCUT2D eigenvalue weighted by molar-refractivity contribution is 7.99. The average molecular weight is 294 g/mol. The normalized spacial score (nSPS) is 10.8. The molecule has 0 spiro atoms. The molecule has 0 fully saturated rings. The van der Waals surface area contributed by atoms with Crippen LogP contribution in [-0.4, -0.2) is 11.5 Å². The lowest BCUT2D eigenvalue weighted by molar-refractivity contribution is 0.577. The maximum atomic E-state index is 13.7. The minimum Gasteiger partial charge on any atom is -0.313 e. The minimum absolute atomic E-state index is 0.250. The first kappa shape index (κ1) is 14.9.